The highest BCUT2D eigenvalue weighted by atomic mass is 35.5. The minimum Gasteiger partial charge on any atom is -0.329 e. The van der Waals surface area contributed by atoms with Gasteiger partial charge < -0.3 is 10.6 Å². The molecule has 0 saturated carbocycles. The highest BCUT2D eigenvalue weighted by Crippen LogP contribution is 2.31. The lowest BCUT2D eigenvalue weighted by molar-refractivity contribution is 0.133. The van der Waals surface area contributed by atoms with E-state index in [-0.39, 0.29) is 0 Å². The summed E-state index contributed by atoms with van der Waals surface area (Å²) >= 11 is 7.80. The number of hydrogen-bond donors (Lipinski definition) is 1. The van der Waals surface area contributed by atoms with Gasteiger partial charge in [0.05, 0.1) is 11.1 Å². The summed E-state index contributed by atoms with van der Waals surface area (Å²) in [5.74, 6) is 0. The van der Waals surface area contributed by atoms with Gasteiger partial charge in [0.15, 0.2) is 0 Å². The fourth-order valence-corrected chi connectivity index (χ4v) is 4.17. The van der Waals surface area contributed by atoms with E-state index in [1.54, 1.807) is 11.3 Å². The Morgan fingerprint density at radius 2 is 2.32 bits per heavy atom. The van der Waals surface area contributed by atoms with Gasteiger partial charge in [-0.25, -0.2) is 0 Å². The van der Waals surface area contributed by atoms with E-state index in [0.717, 1.165) is 18.1 Å². The largest absolute Gasteiger partial charge is 0.329 e. The lowest BCUT2D eigenvalue weighted by Crippen LogP contribution is -2.44. The van der Waals surface area contributed by atoms with Gasteiger partial charge in [-0.2, -0.15) is 0 Å². The summed E-state index contributed by atoms with van der Waals surface area (Å²) in [6.45, 7) is 6.37. The highest BCUT2D eigenvalue weighted by molar-refractivity contribution is 7.10. The van der Waals surface area contributed by atoms with E-state index in [4.69, 9.17) is 17.3 Å². The summed E-state index contributed by atoms with van der Waals surface area (Å²) in [7, 11) is 2.21. The van der Waals surface area contributed by atoms with Crippen LogP contribution in [0.1, 0.15) is 30.7 Å². The number of nitrogens with two attached hydrogens (primary N) is 1. The molecule has 1 aromatic rings. The highest BCUT2D eigenvalue weighted by Gasteiger charge is 2.29. The van der Waals surface area contributed by atoms with Crippen molar-refractivity contribution >= 4 is 22.9 Å². The molecule has 0 amide bonds. The number of likely N-dealkylation sites (N-methyl/N-ethyl adjacent to an activating group) is 1. The Bertz CT molecular complexity index is 396. The van der Waals surface area contributed by atoms with Gasteiger partial charge in [0, 0.05) is 35.9 Å². The van der Waals surface area contributed by atoms with E-state index in [9.17, 15) is 0 Å². The first kappa shape index (κ1) is 15.3. The van der Waals surface area contributed by atoms with Gasteiger partial charge in [-0.3, -0.25) is 4.90 Å². The molecule has 2 unspecified atom stereocenters. The molecule has 5 heteroatoms. The van der Waals surface area contributed by atoms with E-state index in [1.165, 1.54) is 24.3 Å². The Labute approximate surface area is 125 Å². The van der Waals surface area contributed by atoms with E-state index in [1.807, 2.05) is 5.38 Å². The Morgan fingerprint density at radius 3 is 2.89 bits per heavy atom. The van der Waals surface area contributed by atoms with Crippen molar-refractivity contribution in [1.29, 1.82) is 0 Å². The van der Waals surface area contributed by atoms with Crippen LogP contribution in [0.2, 0.25) is 5.02 Å². The standard InChI is InChI=1S/C14H24ClN3S/c1-3-12-9-17(2)5-4-6-18(12)13(8-16)14-7-11(15)10-19-14/h7,10,12-13H,3-6,8-9,16H2,1-2H3. The molecule has 1 aliphatic rings. The maximum Gasteiger partial charge on any atom is 0.0567 e. The summed E-state index contributed by atoms with van der Waals surface area (Å²) in [5, 5.41) is 2.84. The SMILES string of the molecule is CCC1CN(C)CCCN1C(CN)c1cc(Cl)cs1. The zero-order chi connectivity index (χ0) is 13.8. The van der Waals surface area contributed by atoms with Crippen molar-refractivity contribution in [3.63, 3.8) is 0 Å². The molecule has 0 spiro atoms. The first-order valence-corrected chi connectivity index (χ1v) is 8.29. The number of nitrogens with zero attached hydrogens (tertiary/aromatic N) is 2. The second-order valence-corrected chi connectivity index (χ2v) is 6.71. The first-order chi connectivity index (χ1) is 9.15. The van der Waals surface area contributed by atoms with Crippen LogP contribution in [-0.4, -0.2) is 49.1 Å². The Hall–Kier alpha value is -0.130. The third-order valence-corrected chi connectivity index (χ3v) is 5.34. The molecular formula is C14H24ClN3S. The quantitative estimate of drug-likeness (QED) is 0.928. The monoisotopic (exact) mass is 301 g/mol. The predicted molar refractivity (Wildman–Crippen MR) is 84.0 cm³/mol. The number of rotatable bonds is 4. The maximum absolute atomic E-state index is 6.07. The fourth-order valence-electron chi connectivity index (χ4n) is 2.95. The third-order valence-electron chi connectivity index (χ3n) is 3.96. The van der Waals surface area contributed by atoms with Crippen molar-refractivity contribution in [2.75, 3.05) is 33.2 Å². The Balaban J connectivity index is 2.19. The molecule has 0 radical (unpaired) electrons. The van der Waals surface area contributed by atoms with Crippen molar-refractivity contribution in [1.82, 2.24) is 9.80 Å². The first-order valence-electron chi connectivity index (χ1n) is 7.04. The summed E-state index contributed by atoms with van der Waals surface area (Å²) in [6, 6.07) is 2.97. The normalized spacial score (nSPS) is 24.3. The van der Waals surface area contributed by atoms with E-state index >= 15 is 0 Å². The molecule has 1 aromatic heterocycles. The smallest absolute Gasteiger partial charge is 0.0567 e. The molecule has 0 aliphatic carbocycles. The minimum atomic E-state index is 0.314. The molecule has 1 aliphatic heterocycles. The van der Waals surface area contributed by atoms with Gasteiger partial charge >= 0.3 is 0 Å². The van der Waals surface area contributed by atoms with Crippen LogP contribution in [-0.2, 0) is 0 Å². The second kappa shape index (κ2) is 7.04. The molecule has 2 atom stereocenters. The summed E-state index contributed by atoms with van der Waals surface area (Å²) < 4.78 is 0. The molecule has 3 nitrogen and oxygen atoms in total. The molecule has 2 N–H and O–H groups in total. The molecule has 19 heavy (non-hydrogen) atoms. The van der Waals surface area contributed by atoms with E-state index in [0.29, 0.717) is 18.6 Å². The van der Waals surface area contributed by atoms with Crippen LogP contribution in [0.5, 0.6) is 0 Å². The molecule has 2 heterocycles. The molecule has 0 aromatic carbocycles. The van der Waals surface area contributed by atoms with Gasteiger partial charge in [-0.05, 0) is 32.5 Å². The van der Waals surface area contributed by atoms with Gasteiger partial charge in [0.25, 0.3) is 0 Å². The van der Waals surface area contributed by atoms with Crippen molar-refractivity contribution in [3.8, 4) is 0 Å². The van der Waals surface area contributed by atoms with Crippen LogP contribution in [0.25, 0.3) is 0 Å². The number of hydrogen-bond acceptors (Lipinski definition) is 4. The lowest BCUT2D eigenvalue weighted by atomic mass is 10.1. The molecular weight excluding hydrogens is 278 g/mol. The summed E-state index contributed by atoms with van der Waals surface area (Å²) in [5.41, 5.74) is 6.06. The van der Waals surface area contributed by atoms with Crippen LogP contribution in [0.3, 0.4) is 0 Å². The van der Waals surface area contributed by atoms with Gasteiger partial charge in [-0.15, -0.1) is 11.3 Å². The minimum absolute atomic E-state index is 0.314. The van der Waals surface area contributed by atoms with Crippen LogP contribution >= 0.6 is 22.9 Å². The lowest BCUT2D eigenvalue weighted by Gasteiger charge is -2.36. The second-order valence-electron chi connectivity index (χ2n) is 5.33. The topological polar surface area (TPSA) is 32.5 Å². The van der Waals surface area contributed by atoms with Gasteiger partial charge in [0.1, 0.15) is 0 Å². The summed E-state index contributed by atoms with van der Waals surface area (Å²) in [4.78, 5) is 6.32. The number of halogens is 1. The molecule has 1 saturated heterocycles. The summed E-state index contributed by atoms with van der Waals surface area (Å²) in [6.07, 6.45) is 2.38. The van der Waals surface area contributed by atoms with Crippen LogP contribution in [0, 0.1) is 0 Å². The van der Waals surface area contributed by atoms with Gasteiger partial charge in [0.2, 0.25) is 0 Å². The third kappa shape index (κ3) is 3.70. The van der Waals surface area contributed by atoms with Crippen LogP contribution in [0.4, 0.5) is 0 Å². The van der Waals surface area contributed by atoms with Crippen molar-refractivity contribution in [2.45, 2.75) is 31.8 Å². The molecule has 2 rings (SSSR count). The van der Waals surface area contributed by atoms with Crippen molar-refractivity contribution in [3.05, 3.63) is 21.3 Å². The van der Waals surface area contributed by atoms with E-state index in [2.05, 4.69) is 29.8 Å². The molecule has 108 valence electrons. The van der Waals surface area contributed by atoms with Crippen LogP contribution < -0.4 is 5.73 Å². The molecule has 1 fully saturated rings. The Kier molecular flexibility index (Phi) is 5.66. The fraction of sp³-hybridized carbons (Fsp3) is 0.714. The van der Waals surface area contributed by atoms with Crippen LogP contribution in [0.15, 0.2) is 11.4 Å². The average molecular weight is 302 g/mol. The zero-order valence-electron chi connectivity index (χ0n) is 11.8. The molecule has 0 bridgehead atoms. The maximum atomic E-state index is 6.07. The Morgan fingerprint density at radius 1 is 1.53 bits per heavy atom. The van der Waals surface area contributed by atoms with Crippen molar-refractivity contribution in [2.24, 2.45) is 5.73 Å². The van der Waals surface area contributed by atoms with E-state index < -0.39 is 0 Å². The average Bonchev–Trinajstić information content (AvgIpc) is 2.72. The van der Waals surface area contributed by atoms with Gasteiger partial charge in [-0.1, -0.05) is 18.5 Å². The number of thiophene rings is 1. The zero-order valence-corrected chi connectivity index (χ0v) is 13.4. The predicted octanol–water partition coefficient (Wildman–Crippen LogP) is 2.82. The van der Waals surface area contributed by atoms with Crippen molar-refractivity contribution < 1.29 is 0 Å².